The van der Waals surface area contributed by atoms with Crippen LogP contribution in [0, 0.1) is 0 Å². The average Bonchev–Trinajstić information content (AvgIpc) is 2.03. The Balaban J connectivity index is 2.82. The highest BCUT2D eigenvalue weighted by Gasteiger charge is 2.14. The normalized spacial score (nSPS) is 12.5. The maximum atomic E-state index is 10.3. The second-order valence-electron chi connectivity index (χ2n) is 2.57. The summed E-state index contributed by atoms with van der Waals surface area (Å²) in [6, 6.07) is 2.65. The number of nitrogens with two attached hydrogens (primary N) is 1. The summed E-state index contributed by atoms with van der Waals surface area (Å²) in [5.74, 6) is -0.964. The van der Waals surface area contributed by atoms with Gasteiger partial charge < -0.3 is 10.8 Å². The Hall–Kier alpha value is -1.13. The number of rotatable bonds is 3. The molecule has 0 radical (unpaired) electrons. The number of aromatic nitrogens is 1. The van der Waals surface area contributed by atoms with Gasteiger partial charge in [-0.2, -0.15) is 0 Å². The van der Waals surface area contributed by atoms with E-state index < -0.39 is 12.0 Å². The molecule has 1 aromatic rings. The lowest BCUT2D eigenvalue weighted by Gasteiger charge is -2.08. The van der Waals surface area contributed by atoms with Crippen LogP contribution in [0.5, 0.6) is 0 Å². The van der Waals surface area contributed by atoms with Crippen molar-refractivity contribution in [3.05, 3.63) is 29.0 Å². The van der Waals surface area contributed by atoms with Gasteiger partial charge in [-0.1, -0.05) is 11.6 Å². The second kappa shape index (κ2) is 4.20. The number of carboxylic acids is 1. The van der Waals surface area contributed by atoms with Crippen molar-refractivity contribution in [1.82, 2.24) is 4.98 Å². The molecule has 1 heterocycles. The third kappa shape index (κ3) is 2.68. The first-order chi connectivity index (χ1) is 6.11. The van der Waals surface area contributed by atoms with Crippen LogP contribution >= 0.6 is 11.6 Å². The average molecular weight is 201 g/mol. The predicted octanol–water partition coefficient (Wildman–Crippen LogP) is 1.21. The molecular formula is C8H9ClN2O2. The summed E-state index contributed by atoms with van der Waals surface area (Å²) in [6.45, 7) is 0. The lowest BCUT2D eigenvalue weighted by atomic mass is 10.1. The third-order valence-corrected chi connectivity index (χ3v) is 1.85. The Kier molecular flexibility index (Phi) is 3.22. The van der Waals surface area contributed by atoms with Crippen molar-refractivity contribution >= 4 is 17.6 Å². The number of carboxylic acid groups (broad SMARTS) is 1. The van der Waals surface area contributed by atoms with Crippen molar-refractivity contribution in [3.63, 3.8) is 0 Å². The Morgan fingerprint density at radius 2 is 2.46 bits per heavy atom. The summed E-state index contributed by atoms with van der Waals surface area (Å²) in [5, 5.41) is 8.88. The largest absolute Gasteiger partial charge is 0.481 e. The lowest BCUT2D eigenvalue weighted by Crippen LogP contribution is -2.16. The molecule has 1 rings (SSSR count). The highest BCUT2D eigenvalue weighted by molar-refractivity contribution is 6.31. The molecule has 0 aliphatic heterocycles. The molecule has 0 aliphatic rings. The molecule has 5 heteroatoms. The van der Waals surface area contributed by atoms with E-state index in [4.69, 9.17) is 22.4 Å². The van der Waals surface area contributed by atoms with Gasteiger partial charge in [-0.25, -0.2) is 0 Å². The number of aliphatic carboxylic acids is 1. The van der Waals surface area contributed by atoms with E-state index in [0.29, 0.717) is 10.7 Å². The summed E-state index contributed by atoms with van der Waals surface area (Å²) in [6.07, 6.45) is 1.36. The van der Waals surface area contributed by atoms with Crippen LogP contribution in [0.15, 0.2) is 18.3 Å². The standard InChI is InChI=1S/C8H9ClN2O2/c9-5-2-1-3-11-8(5)6(10)4-7(12)13/h1-3,6H,4,10H2,(H,12,13)/t6-/m1/s1. The number of nitrogens with zero attached hydrogens (tertiary/aromatic N) is 1. The van der Waals surface area contributed by atoms with Crippen LogP contribution in [-0.4, -0.2) is 16.1 Å². The van der Waals surface area contributed by atoms with Gasteiger partial charge in [0.25, 0.3) is 0 Å². The fourth-order valence-electron chi connectivity index (χ4n) is 0.956. The van der Waals surface area contributed by atoms with E-state index in [9.17, 15) is 4.79 Å². The maximum Gasteiger partial charge on any atom is 0.305 e. The van der Waals surface area contributed by atoms with E-state index in [1.54, 1.807) is 12.1 Å². The topological polar surface area (TPSA) is 76.2 Å². The van der Waals surface area contributed by atoms with Gasteiger partial charge >= 0.3 is 5.97 Å². The summed E-state index contributed by atoms with van der Waals surface area (Å²) < 4.78 is 0. The second-order valence-corrected chi connectivity index (χ2v) is 2.98. The van der Waals surface area contributed by atoms with Crippen molar-refractivity contribution in [3.8, 4) is 0 Å². The number of hydrogen-bond acceptors (Lipinski definition) is 3. The van der Waals surface area contributed by atoms with E-state index in [2.05, 4.69) is 4.98 Å². The molecular weight excluding hydrogens is 192 g/mol. The quantitative estimate of drug-likeness (QED) is 0.769. The molecule has 0 aromatic carbocycles. The molecule has 0 saturated heterocycles. The molecule has 3 N–H and O–H groups in total. The van der Waals surface area contributed by atoms with E-state index in [1.165, 1.54) is 6.20 Å². The van der Waals surface area contributed by atoms with E-state index in [-0.39, 0.29) is 6.42 Å². The van der Waals surface area contributed by atoms with E-state index in [0.717, 1.165) is 0 Å². The molecule has 4 nitrogen and oxygen atoms in total. The third-order valence-electron chi connectivity index (χ3n) is 1.53. The summed E-state index contributed by atoms with van der Waals surface area (Å²) in [5.41, 5.74) is 5.99. The zero-order valence-corrected chi connectivity index (χ0v) is 7.53. The first kappa shape index (κ1) is 9.95. The zero-order chi connectivity index (χ0) is 9.84. The van der Waals surface area contributed by atoms with E-state index >= 15 is 0 Å². The van der Waals surface area contributed by atoms with Crippen molar-refractivity contribution in [2.75, 3.05) is 0 Å². The minimum atomic E-state index is -0.964. The molecule has 1 aromatic heterocycles. The summed E-state index contributed by atoms with van der Waals surface area (Å²) in [7, 11) is 0. The number of carbonyl (C=O) groups is 1. The van der Waals surface area contributed by atoms with Gasteiger partial charge in [0.05, 0.1) is 23.2 Å². The predicted molar refractivity (Wildman–Crippen MR) is 48.4 cm³/mol. The molecule has 0 unspecified atom stereocenters. The first-order valence-electron chi connectivity index (χ1n) is 3.69. The molecule has 0 bridgehead atoms. The molecule has 0 saturated carbocycles. The maximum absolute atomic E-state index is 10.3. The number of halogens is 1. The minimum absolute atomic E-state index is 0.170. The summed E-state index contributed by atoms with van der Waals surface area (Å²) in [4.78, 5) is 14.3. The van der Waals surface area contributed by atoms with E-state index in [1.807, 2.05) is 0 Å². The van der Waals surface area contributed by atoms with Crippen LogP contribution in [0.4, 0.5) is 0 Å². The Morgan fingerprint density at radius 3 is 3.00 bits per heavy atom. The van der Waals surface area contributed by atoms with Crippen LogP contribution in [0.1, 0.15) is 18.2 Å². The molecule has 13 heavy (non-hydrogen) atoms. The monoisotopic (exact) mass is 200 g/mol. The highest BCUT2D eigenvalue weighted by Crippen LogP contribution is 2.20. The zero-order valence-electron chi connectivity index (χ0n) is 6.77. The van der Waals surface area contributed by atoms with Crippen LogP contribution in [-0.2, 0) is 4.79 Å². The van der Waals surface area contributed by atoms with Crippen molar-refractivity contribution in [1.29, 1.82) is 0 Å². The van der Waals surface area contributed by atoms with Crippen LogP contribution in [0.3, 0.4) is 0 Å². The fraction of sp³-hybridized carbons (Fsp3) is 0.250. The Labute approximate surface area is 80.3 Å². The molecule has 0 aliphatic carbocycles. The minimum Gasteiger partial charge on any atom is -0.481 e. The highest BCUT2D eigenvalue weighted by atomic mass is 35.5. The number of pyridine rings is 1. The van der Waals surface area contributed by atoms with Crippen LogP contribution in [0.25, 0.3) is 0 Å². The Morgan fingerprint density at radius 1 is 1.77 bits per heavy atom. The van der Waals surface area contributed by atoms with Gasteiger partial charge in [-0.3, -0.25) is 9.78 Å². The molecule has 0 amide bonds. The number of hydrogen-bond donors (Lipinski definition) is 2. The van der Waals surface area contributed by atoms with Crippen molar-refractivity contribution in [2.45, 2.75) is 12.5 Å². The SMILES string of the molecule is N[C@H](CC(=O)O)c1ncccc1Cl. The molecule has 0 spiro atoms. The van der Waals surface area contributed by atoms with Gasteiger partial charge in [0.2, 0.25) is 0 Å². The van der Waals surface area contributed by atoms with Gasteiger partial charge in [-0.15, -0.1) is 0 Å². The first-order valence-corrected chi connectivity index (χ1v) is 4.07. The molecule has 1 atom stereocenters. The Bertz CT molecular complexity index is 317. The van der Waals surface area contributed by atoms with Crippen molar-refractivity contribution in [2.24, 2.45) is 5.73 Å². The van der Waals surface area contributed by atoms with Gasteiger partial charge in [0, 0.05) is 6.20 Å². The lowest BCUT2D eigenvalue weighted by molar-refractivity contribution is -0.137. The van der Waals surface area contributed by atoms with Crippen LogP contribution < -0.4 is 5.73 Å². The van der Waals surface area contributed by atoms with Crippen molar-refractivity contribution < 1.29 is 9.90 Å². The molecule has 70 valence electrons. The van der Waals surface area contributed by atoms with Gasteiger partial charge in [0.15, 0.2) is 0 Å². The van der Waals surface area contributed by atoms with Gasteiger partial charge in [0.1, 0.15) is 0 Å². The van der Waals surface area contributed by atoms with Crippen LogP contribution in [0.2, 0.25) is 5.02 Å². The smallest absolute Gasteiger partial charge is 0.305 e. The summed E-state index contributed by atoms with van der Waals surface area (Å²) >= 11 is 5.77. The molecule has 0 fully saturated rings. The fourth-order valence-corrected chi connectivity index (χ4v) is 1.22. The van der Waals surface area contributed by atoms with Gasteiger partial charge in [-0.05, 0) is 12.1 Å².